The van der Waals surface area contributed by atoms with Crippen LogP contribution >= 0.6 is 0 Å². The Morgan fingerprint density at radius 1 is 1.10 bits per heavy atom. The first-order valence-electron chi connectivity index (χ1n) is 7.79. The molecule has 0 aromatic rings. The summed E-state index contributed by atoms with van der Waals surface area (Å²) in [4.78, 5) is 11.2. The van der Waals surface area contributed by atoms with E-state index in [1.165, 1.54) is 32.1 Å². The van der Waals surface area contributed by atoms with Gasteiger partial charge in [-0.3, -0.25) is 4.79 Å². The molecule has 3 heteroatoms. The van der Waals surface area contributed by atoms with Crippen LogP contribution in [0.3, 0.4) is 0 Å². The third-order valence-corrected chi connectivity index (χ3v) is 3.00. The molecule has 112 valence electrons. The third-order valence-electron chi connectivity index (χ3n) is 3.00. The monoisotopic (exact) mass is 277 g/mol. The molecule has 3 nitrogen and oxygen atoms in total. The molecule has 0 spiro atoms. The summed E-state index contributed by atoms with van der Waals surface area (Å²) in [6.07, 6.45) is 9.14. The highest BCUT2D eigenvalue weighted by Gasteiger charge is 2.09. The fourth-order valence-electron chi connectivity index (χ4n) is 1.78. The standard InChI is InChI=1S/C17H27NO2/c1-3-5-6-7-8-9-10-11-13-16(14-12-15-18)20-17(19)4-2/h16H,3-10,12,14H2,1-2H3/t16-/m1/s1. The lowest BCUT2D eigenvalue weighted by molar-refractivity contribution is -0.146. The van der Waals surface area contributed by atoms with Gasteiger partial charge in [0.15, 0.2) is 6.10 Å². The highest BCUT2D eigenvalue weighted by molar-refractivity contribution is 5.69. The number of hydrogen-bond acceptors (Lipinski definition) is 3. The van der Waals surface area contributed by atoms with Gasteiger partial charge >= 0.3 is 5.97 Å². The van der Waals surface area contributed by atoms with E-state index < -0.39 is 6.10 Å². The van der Waals surface area contributed by atoms with E-state index in [1.807, 2.05) is 0 Å². The third kappa shape index (κ3) is 11.6. The largest absolute Gasteiger partial charge is 0.449 e. The van der Waals surface area contributed by atoms with Gasteiger partial charge in [0.2, 0.25) is 0 Å². The molecule has 0 saturated heterocycles. The molecule has 0 bridgehead atoms. The fraction of sp³-hybridized carbons (Fsp3) is 0.765. The van der Waals surface area contributed by atoms with Gasteiger partial charge in [0.1, 0.15) is 0 Å². The first-order valence-corrected chi connectivity index (χ1v) is 7.79. The number of nitriles is 1. The van der Waals surface area contributed by atoms with E-state index in [2.05, 4.69) is 24.8 Å². The molecule has 1 atom stereocenters. The summed E-state index contributed by atoms with van der Waals surface area (Å²) in [7, 11) is 0. The molecule has 0 aromatic heterocycles. The first-order chi connectivity index (χ1) is 9.74. The Morgan fingerprint density at radius 3 is 2.45 bits per heavy atom. The molecule has 0 heterocycles. The molecule has 0 radical (unpaired) electrons. The molecule has 0 fully saturated rings. The smallest absolute Gasteiger partial charge is 0.306 e. The van der Waals surface area contributed by atoms with Crippen LogP contribution in [0.1, 0.15) is 78.1 Å². The number of carbonyl (C=O) groups is 1. The summed E-state index contributed by atoms with van der Waals surface area (Å²) in [6.45, 7) is 3.97. The minimum atomic E-state index is -0.415. The maximum absolute atomic E-state index is 11.2. The number of rotatable bonds is 10. The van der Waals surface area contributed by atoms with Crippen molar-refractivity contribution in [1.82, 2.24) is 0 Å². The van der Waals surface area contributed by atoms with Gasteiger partial charge in [0.25, 0.3) is 0 Å². The second-order valence-electron chi connectivity index (χ2n) is 4.87. The van der Waals surface area contributed by atoms with Crippen molar-refractivity contribution in [1.29, 1.82) is 5.26 Å². The molecule has 0 unspecified atom stereocenters. The quantitative estimate of drug-likeness (QED) is 0.338. The molecule has 0 rings (SSSR count). The summed E-state index contributed by atoms with van der Waals surface area (Å²) >= 11 is 0. The second-order valence-corrected chi connectivity index (χ2v) is 4.87. The highest BCUT2D eigenvalue weighted by atomic mass is 16.5. The van der Waals surface area contributed by atoms with Crippen molar-refractivity contribution in [3.8, 4) is 17.9 Å². The lowest BCUT2D eigenvalue weighted by Gasteiger charge is -2.09. The van der Waals surface area contributed by atoms with Crippen molar-refractivity contribution in [3.05, 3.63) is 0 Å². The van der Waals surface area contributed by atoms with Crippen LogP contribution in [0.5, 0.6) is 0 Å². The highest BCUT2D eigenvalue weighted by Crippen LogP contribution is 2.07. The molecule has 0 N–H and O–H groups in total. The fourth-order valence-corrected chi connectivity index (χ4v) is 1.78. The van der Waals surface area contributed by atoms with Crippen LogP contribution < -0.4 is 0 Å². The Labute approximate surface area is 123 Å². The van der Waals surface area contributed by atoms with Gasteiger partial charge in [0, 0.05) is 25.7 Å². The number of ether oxygens (including phenoxy) is 1. The van der Waals surface area contributed by atoms with Gasteiger partial charge in [-0.2, -0.15) is 5.26 Å². The SMILES string of the molecule is CCCCCCCCC#C[C@H](CCC#N)OC(=O)CC. The summed E-state index contributed by atoms with van der Waals surface area (Å²) in [5.41, 5.74) is 0. The topological polar surface area (TPSA) is 50.1 Å². The van der Waals surface area contributed by atoms with Crippen molar-refractivity contribution in [3.63, 3.8) is 0 Å². The molecule has 0 amide bonds. The van der Waals surface area contributed by atoms with Crippen LogP contribution in [-0.4, -0.2) is 12.1 Å². The zero-order valence-electron chi connectivity index (χ0n) is 12.9. The summed E-state index contributed by atoms with van der Waals surface area (Å²) in [5, 5.41) is 8.58. The summed E-state index contributed by atoms with van der Waals surface area (Å²) in [5.74, 6) is 5.81. The summed E-state index contributed by atoms with van der Waals surface area (Å²) < 4.78 is 5.20. The van der Waals surface area contributed by atoms with E-state index in [0.717, 1.165) is 12.8 Å². The second kappa shape index (κ2) is 13.9. The van der Waals surface area contributed by atoms with Crippen molar-refractivity contribution in [2.75, 3.05) is 0 Å². The average Bonchev–Trinajstić information content (AvgIpc) is 2.46. The first kappa shape index (κ1) is 18.5. The molecular formula is C17H27NO2. The van der Waals surface area contributed by atoms with Crippen LogP contribution in [0, 0.1) is 23.2 Å². The van der Waals surface area contributed by atoms with Gasteiger partial charge < -0.3 is 4.74 Å². The van der Waals surface area contributed by atoms with E-state index in [9.17, 15) is 4.79 Å². The van der Waals surface area contributed by atoms with Gasteiger partial charge in [-0.1, -0.05) is 57.8 Å². The van der Waals surface area contributed by atoms with Crippen molar-refractivity contribution in [2.24, 2.45) is 0 Å². The van der Waals surface area contributed by atoms with Gasteiger partial charge in [-0.05, 0) is 6.42 Å². The number of carbonyl (C=O) groups excluding carboxylic acids is 1. The van der Waals surface area contributed by atoms with Crippen molar-refractivity contribution >= 4 is 5.97 Å². The predicted octanol–water partition coefficient (Wildman–Crippen LogP) is 4.37. The van der Waals surface area contributed by atoms with Crippen LogP contribution in [0.2, 0.25) is 0 Å². The zero-order valence-corrected chi connectivity index (χ0v) is 12.9. The zero-order chi connectivity index (χ0) is 15.1. The Hall–Kier alpha value is -1.48. The molecule has 0 aliphatic rings. The van der Waals surface area contributed by atoms with E-state index in [0.29, 0.717) is 19.3 Å². The molecular weight excluding hydrogens is 250 g/mol. The Morgan fingerprint density at radius 2 is 1.80 bits per heavy atom. The van der Waals surface area contributed by atoms with E-state index in [1.54, 1.807) is 6.92 Å². The van der Waals surface area contributed by atoms with Gasteiger partial charge in [-0.15, -0.1) is 0 Å². The maximum Gasteiger partial charge on any atom is 0.306 e. The van der Waals surface area contributed by atoms with E-state index in [4.69, 9.17) is 10.00 Å². The predicted molar refractivity (Wildman–Crippen MR) is 80.8 cm³/mol. The minimum absolute atomic E-state index is 0.248. The number of unbranched alkanes of at least 4 members (excludes halogenated alkanes) is 6. The maximum atomic E-state index is 11.2. The van der Waals surface area contributed by atoms with Crippen molar-refractivity contribution in [2.45, 2.75) is 84.2 Å². The number of esters is 1. The lowest BCUT2D eigenvalue weighted by atomic mass is 10.1. The van der Waals surface area contributed by atoms with Crippen LogP contribution in [0.15, 0.2) is 0 Å². The van der Waals surface area contributed by atoms with E-state index >= 15 is 0 Å². The lowest BCUT2D eigenvalue weighted by Crippen LogP contribution is -2.15. The van der Waals surface area contributed by atoms with Crippen LogP contribution in [0.25, 0.3) is 0 Å². The Balaban J connectivity index is 3.89. The van der Waals surface area contributed by atoms with Gasteiger partial charge in [0.05, 0.1) is 6.07 Å². The molecule has 0 aromatic carbocycles. The molecule has 0 aliphatic heterocycles. The van der Waals surface area contributed by atoms with Gasteiger partial charge in [-0.25, -0.2) is 0 Å². The summed E-state index contributed by atoms with van der Waals surface area (Å²) in [6, 6.07) is 2.06. The van der Waals surface area contributed by atoms with Crippen molar-refractivity contribution < 1.29 is 9.53 Å². The van der Waals surface area contributed by atoms with Crippen LogP contribution in [0.4, 0.5) is 0 Å². The van der Waals surface area contributed by atoms with E-state index in [-0.39, 0.29) is 5.97 Å². The van der Waals surface area contributed by atoms with Crippen LogP contribution in [-0.2, 0) is 9.53 Å². The Kier molecular flexibility index (Phi) is 12.9. The minimum Gasteiger partial charge on any atom is -0.449 e. The molecule has 0 aliphatic carbocycles. The Bertz CT molecular complexity index is 346. The molecule has 20 heavy (non-hydrogen) atoms. The number of nitrogens with zero attached hydrogens (tertiary/aromatic N) is 1. The molecule has 0 saturated carbocycles. The average molecular weight is 277 g/mol. The normalized spacial score (nSPS) is 11.1. The number of hydrogen-bond donors (Lipinski definition) is 0.